The van der Waals surface area contributed by atoms with Gasteiger partial charge >= 0.3 is 12.2 Å². The molecule has 2 fully saturated rings. The largest absolute Gasteiger partial charge is 0.453 e. The van der Waals surface area contributed by atoms with Crippen LogP contribution in [0.15, 0.2) is 65.9 Å². The van der Waals surface area contributed by atoms with Crippen molar-refractivity contribution >= 4 is 35.3 Å². The summed E-state index contributed by atoms with van der Waals surface area (Å²) in [4.78, 5) is 67.4. The molecule has 1 unspecified atom stereocenters. The van der Waals surface area contributed by atoms with Crippen LogP contribution in [0.3, 0.4) is 0 Å². The van der Waals surface area contributed by atoms with E-state index in [9.17, 15) is 19.2 Å². The van der Waals surface area contributed by atoms with Crippen molar-refractivity contribution in [1.29, 1.82) is 0 Å². The van der Waals surface area contributed by atoms with Crippen LogP contribution in [0.4, 0.5) is 9.59 Å². The highest BCUT2D eigenvalue weighted by atomic mass is 16.5. The summed E-state index contributed by atoms with van der Waals surface area (Å²) in [6.45, 7) is 7.05. The van der Waals surface area contributed by atoms with Gasteiger partial charge < -0.3 is 34.9 Å². The Morgan fingerprint density at radius 2 is 1.39 bits per heavy atom. The number of amides is 4. The maximum absolute atomic E-state index is 13.5. The zero-order valence-corrected chi connectivity index (χ0v) is 31.8. The minimum absolute atomic E-state index is 0.0831. The van der Waals surface area contributed by atoms with Gasteiger partial charge in [-0.25, -0.2) is 14.6 Å². The van der Waals surface area contributed by atoms with Crippen molar-refractivity contribution in [2.24, 2.45) is 10.9 Å². The molecule has 3 aliphatic heterocycles. The number of likely N-dealkylation sites (tertiary alicyclic amines) is 2. The third-order valence-corrected chi connectivity index (χ3v) is 10.7. The van der Waals surface area contributed by atoms with Crippen LogP contribution >= 0.6 is 0 Å². The van der Waals surface area contributed by atoms with E-state index in [2.05, 4.69) is 69.1 Å². The molecule has 3 aromatic rings. The Labute approximate surface area is 316 Å². The number of allylic oxidation sites excluding steroid dienone is 1. The molecule has 3 N–H and O–H groups in total. The fourth-order valence-corrected chi connectivity index (χ4v) is 7.72. The molecule has 0 saturated carbocycles. The highest BCUT2D eigenvalue weighted by Gasteiger charge is 2.39. The lowest BCUT2D eigenvalue weighted by Gasteiger charge is -2.31. The van der Waals surface area contributed by atoms with Gasteiger partial charge in [0, 0.05) is 31.4 Å². The second-order valence-electron chi connectivity index (χ2n) is 14.5. The van der Waals surface area contributed by atoms with E-state index in [0.29, 0.717) is 25.9 Å². The van der Waals surface area contributed by atoms with Crippen molar-refractivity contribution in [1.82, 2.24) is 30.4 Å². The standard InChI is InChI=1S/C41H51N7O6/c1-6-9-31(45-40(51)53-4)38(49)48-21-8-11-35(48)37-43-24-33(44-37)29-18-16-27(17-19-29)26-12-14-28(15-13-26)30-22-32(42-23-30)34-10-7-20-47(34)39(50)36(25(2)3)46-41(52)54-5/h12-19,23-25,31,34-36H,6-11,20-22H2,1-5H3,(H,43,44)(H,45,51)(H,46,52)/t31-,34-,35-,36?/m0/s1. The highest BCUT2D eigenvalue weighted by Crippen LogP contribution is 2.34. The number of aromatic amines is 1. The van der Waals surface area contributed by atoms with Gasteiger partial charge in [-0.1, -0.05) is 75.7 Å². The van der Waals surface area contributed by atoms with Gasteiger partial charge in [0.05, 0.1) is 38.2 Å². The van der Waals surface area contributed by atoms with E-state index in [4.69, 9.17) is 14.5 Å². The fraction of sp³-hybridized carbons (Fsp3) is 0.463. The molecule has 0 bridgehead atoms. The summed E-state index contributed by atoms with van der Waals surface area (Å²) in [7, 11) is 2.59. The molecule has 0 aliphatic carbocycles. The number of aliphatic imine (C=N–C) groups is 1. The number of methoxy groups -OCH3 is 2. The molecule has 54 heavy (non-hydrogen) atoms. The summed E-state index contributed by atoms with van der Waals surface area (Å²) in [6.07, 6.45) is 7.84. The van der Waals surface area contributed by atoms with Crippen LogP contribution in [-0.2, 0) is 19.1 Å². The van der Waals surface area contributed by atoms with Crippen molar-refractivity contribution in [3.05, 3.63) is 72.3 Å². The average molecular weight is 738 g/mol. The Bertz CT molecular complexity index is 1880. The predicted octanol–water partition coefficient (Wildman–Crippen LogP) is 6.49. The summed E-state index contributed by atoms with van der Waals surface area (Å²) in [6, 6.07) is 15.2. The zero-order chi connectivity index (χ0) is 38.4. The van der Waals surface area contributed by atoms with E-state index < -0.39 is 24.3 Å². The number of H-pyrrole nitrogens is 1. The van der Waals surface area contributed by atoms with E-state index in [1.807, 2.05) is 43.0 Å². The van der Waals surface area contributed by atoms with E-state index in [1.54, 1.807) is 0 Å². The van der Waals surface area contributed by atoms with Crippen molar-refractivity contribution < 1.29 is 28.7 Å². The Kier molecular flexibility index (Phi) is 12.1. The number of hydrogen-bond acceptors (Lipinski definition) is 8. The van der Waals surface area contributed by atoms with Crippen LogP contribution in [0.25, 0.3) is 28.0 Å². The third kappa shape index (κ3) is 8.35. The minimum atomic E-state index is -0.659. The first-order valence-corrected chi connectivity index (χ1v) is 18.9. The molecule has 0 spiro atoms. The van der Waals surface area contributed by atoms with Crippen LogP contribution in [0.1, 0.15) is 83.1 Å². The Morgan fingerprint density at radius 3 is 2.00 bits per heavy atom. The first kappa shape index (κ1) is 38.3. The summed E-state index contributed by atoms with van der Waals surface area (Å²) in [5, 5.41) is 5.41. The minimum Gasteiger partial charge on any atom is -0.453 e. The molecule has 4 amide bonds. The topological polar surface area (TPSA) is 158 Å². The number of nitrogens with zero attached hydrogens (tertiary/aromatic N) is 4. The average Bonchev–Trinajstić information content (AvgIpc) is 4.03. The number of nitrogens with one attached hydrogen (secondary N) is 3. The first-order valence-electron chi connectivity index (χ1n) is 18.9. The number of rotatable bonds is 12. The molecule has 2 saturated heterocycles. The van der Waals surface area contributed by atoms with Gasteiger partial charge in [0.1, 0.15) is 17.9 Å². The quantitative estimate of drug-likeness (QED) is 0.192. The van der Waals surface area contributed by atoms with Gasteiger partial charge in [0.25, 0.3) is 0 Å². The van der Waals surface area contributed by atoms with Crippen LogP contribution < -0.4 is 10.6 Å². The summed E-state index contributed by atoms with van der Waals surface area (Å²) < 4.78 is 9.51. The lowest BCUT2D eigenvalue weighted by molar-refractivity contribution is -0.135. The second kappa shape index (κ2) is 17.1. The highest BCUT2D eigenvalue weighted by molar-refractivity contribution is 6.04. The SMILES string of the molecule is CCC[C@H](NC(=O)OC)C(=O)N1CCC[C@H]1c1ncc(-c2ccc(-c3ccc(C4=CN=C([C@@H]5CCCN5C(=O)C(NC(=O)OC)C(C)C)C4)cc3)cc2)[nH]1. The molecule has 2 aromatic carbocycles. The van der Waals surface area contributed by atoms with E-state index in [1.165, 1.54) is 14.2 Å². The van der Waals surface area contributed by atoms with Crippen LogP contribution in [0.2, 0.25) is 0 Å². The molecular weight excluding hydrogens is 686 g/mol. The third-order valence-electron chi connectivity index (χ3n) is 10.7. The number of benzene rings is 2. The first-order chi connectivity index (χ1) is 26.1. The van der Waals surface area contributed by atoms with Crippen molar-refractivity contribution in [2.45, 2.75) is 89.9 Å². The Morgan fingerprint density at radius 1 is 0.815 bits per heavy atom. The number of imidazole rings is 1. The summed E-state index contributed by atoms with van der Waals surface area (Å²) in [5.74, 6) is 0.436. The second-order valence-corrected chi connectivity index (χ2v) is 14.5. The van der Waals surface area contributed by atoms with Gasteiger partial charge in [0.15, 0.2) is 0 Å². The van der Waals surface area contributed by atoms with Gasteiger partial charge in [-0.3, -0.25) is 14.6 Å². The number of ether oxygens (including phenoxy) is 2. The maximum Gasteiger partial charge on any atom is 0.407 e. The van der Waals surface area contributed by atoms with Crippen LogP contribution in [0, 0.1) is 5.92 Å². The molecule has 0 radical (unpaired) electrons. The number of carbonyl (C=O) groups is 4. The smallest absolute Gasteiger partial charge is 0.407 e. The normalized spacial score (nSPS) is 19.3. The molecule has 6 rings (SSSR count). The molecule has 1 aromatic heterocycles. The predicted molar refractivity (Wildman–Crippen MR) is 206 cm³/mol. The lowest BCUT2D eigenvalue weighted by atomic mass is 9.95. The molecule has 4 heterocycles. The van der Waals surface area contributed by atoms with Crippen LogP contribution in [-0.4, -0.2) is 94.9 Å². The summed E-state index contributed by atoms with van der Waals surface area (Å²) in [5.41, 5.74) is 7.19. The summed E-state index contributed by atoms with van der Waals surface area (Å²) >= 11 is 0. The molecule has 13 nitrogen and oxygen atoms in total. The Balaban J connectivity index is 1.07. The van der Waals surface area contributed by atoms with Crippen molar-refractivity contribution in [3.63, 3.8) is 0 Å². The number of alkyl carbamates (subject to hydrolysis) is 2. The van der Waals surface area contributed by atoms with Gasteiger partial charge in [0.2, 0.25) is 11.8 Å². The monoisotopic (exact) mass is 737 g/mol. The molecule has 13 heteroatoms. The van der Waals surface area contributed by atoms with Crippen molar-refractivity contribution in [2.75, 3.05) is 27.3 Å². The van der Waals surface area contributed by atoms with Crippen molar-refractivity contribution in [3.8, 4) is 22.4 Å². The van der Waals surface area contributed by atoms with Gasteiger partial charge in [-0.05, 0) is 65.8 Å². The number of aromatic nitrogens is 2. The van der Waals surface area contributed by atoms with Crippen LogP contribution in [0.5, 0.6) is 0 Å². The molecular formula is C41H51N7O6. The number of hydrogen-bond donors (Lipinski definition) is 3. The lowest BCUT2D eigenvalue weighted by Crippen LogP contribution is -2.53. The maximum atomic E-state index is 13.5. The number of carbonyl (C=O) groups excluding carboxylic acids is 4. The Hall–Kier alpha value is -5.46. The molecule has 4 atom stereocenters. The van der Waals surface area contributed by atoms with E-state index in [-0.39, 0.29) is 29.8 Å². The van der Waals surface area contributed by atoms with E-state index in [0.717, 1.165) is 77.2 Å². The van der Waals surface area contributed by atoms with E-state index >= 15 is 0 Å². The van der Waals surface area contributed by atoms with Gasteiger partial charge in [-0.15, -0.1) is 0 Å². The molecule has 3 aliphatic rings. The fourth-order valence-electron chi connectivity index (χ4n) is 7.72. The van der Waals surface area contributed by atoms with Gasteiger partial charge in [-0.2, -0.15) is 0 Å². The molecule has 286 valence electrons. The zero-order valence-electron chi connectivity index (χ0n) is 31.8.